The third-order valence-corrected chi connectivity index (χ3v) is 10.0. The van der Waals surface area contributed by atoms with E-state index < -0.39 is 8.07 Å². The Kier molecular flexibility index (Phi) is 3.12. The zero-order chi connectivity index (χ0) is 9.15. The van der Waals surface area contributed by atoms with E-state index in [1.54, 1.807) is 62.7 Å². The second-order valence-electron chi connectivity index (χ2n) is 5.60. The lowest BCUT2D eigenvalue weighted by molar-refractivity contribution is 0.508. The highest BCUT2D eigenvalue weighted by molar-refractivity contribution is 6.80. The van der Waals surface area contributed by atoms with Gasteiger partial charge in [-0.15, -0.1) is 0 Å². The van der Waals surface area contributed by atoms with Gasteiger partial charge in [-0.3, -0.25) is 0 Å². The van der Waals surface area contributed by atoms with Crippen molar-refractivity contribution in [1.82, 2.24) is 0 Å². The predicted octanol–water partition coefficient (Wildman–Crippen LogP) is 4.44. The van der Waals surface area contributed by atoms with Gasteiger partial charge in [0.25, 0.3) is 0 Å². The molecular weight excluding hydrogens is 172 g/mol. The molecule has 2 aliphatic heterocycles. The van der Waals surface area contributed by atoms with E-state index in [0.717, 1.165) is 5.92 Å². The lowest BCUT2D eigenvalue weighted by Gasteiger charge is -2.37. The van der Waals surface area contributed by atoms with E-state index in [1.807, 2.05) is 0 Å². The maximum absolute atomic E-state index is 2.46. The molecule has 0 nitrogen and oxygen atoms in total. The quantitative estimate of drug-likeness (QED) is 0.503. The summed E-state index contributed by atoms with van der Waals surface area (Å²) in [4.78, 5) is 0. The van der Waals surface area contributed by atoms with Crippen molar-refractivity contribution in [3.63, 3.8) is 0 Å². The summed E-state index contributed by atoms with van der Waals surface area (Å²) in [7, 11) is -0.662. The molecule has 0 radical (unpaired) electrons. The van der Waals surface area contributed by atoms with E-state index in [-0.39, 0.29) is 0 Å². The first-order chi connectivity index (χ1) is 6.31. The molecular formula is C12H24Si. The van der Waals surface area contributed by atoms with Gasteiger partial charge in [-0.25, -0.2) is 0 Å². The summed E-state index contributed by atoms with van der Waals surface area (Å²) in [5.41, 5.74) is 0. The molecule has 0 aromatic heterocycles. The zero-order valence-electron chi connectivity index (χ0n) is 9.15. The smallest absolute Gasteiger partial charge is 0.0536 e. The number of rotatable bonds is 0. The van der Waals surface area contributed by atoms with Crippen LogP contribution in [0.15, 0.2) is 0 Å². The molecule has 0 unspecified atom stereocenters. The molecule has 2 saturated heterocycles. The molecule has 0 saturated carbocycles. The molecule has 0 amide bonds. The van der Waals surface area contributed by atoms with E-state index in [0.29, 0.717) is 0 Å². The third-order valence-electron chi connectivity index (χ3n) is 4.50. The average molecular weight is 196 g/mol. The molecule has 1 spiro atoms. The SMILES string of the molecule is CC1CC[Si]2(CCCCCC2)CC1. The highest BCUT2D eigenvalue weighted by Gasteiger charge is 2.35. The van der Waals surface area contributed by atoms with E-state index >= 15 is 0 Å². The van der Waals surface area contributed by atoms with Crippen LogP contribution in [0.2, 0.25) is 24.2 Å². The maximum Gasteiger partial charge on any atom is 0.0536 e. The van der Waals surface area contributed by atoms with E-state index in [9.17, 15) is 0 Å². The monoisotopic (exact) mass is 196 g/mol. The minimum absolute atomic E-state index is 0.662. The van der Waals surface area contributed by atoms with E-state index in [4.69, 9.17) is 0 Å². The molecule has 0 aromatic rings. The Labute approximate surface area is 84.1 Å². The van der Waals surface area contributed by atoms with Crippen molar-refractivity contribution in [2.24, 2.45) is 5.92 Å². The van der Waals surface area contributed by atoms with Gasteiger partial charge in [0.05, 0.1) is 8.07 Å². The largest absolute Gasteiger partial charge is 0.0625 e. The lowest BCUT2D eigenvalue weighted by Crippen LogP contribution is -2.36. The Bertz CT molecular complexity index is 147. The second kappa shape index (κ2) is 4.16. The van der Waals surface area contributed by atoms with Gasteiger partial charge in [-0.1, -0.05) is 69.6 Å². The molecule has 0 atom stereocenters. The molecule has 1 heteroatoms. The van der Waals surface area contributed by atoms with E-state index in [1.165, 1.54) is 0 Å². The average Bonchev–Trinajstić information content (AvgIpc) is 2.37. The Balaban J connectivity index is 1.93. The van der Waals surface area contributed by atoms with Crippen molar-refractivity contribution < 1.29 is 0 Å². The van der Waals surface area contributed by atoms with Crippen LogP contribution >= 0.6 is 0 Å². The van der Waals surface area contributed by atoms with Crippen molar-refractivity contribution in [3.05, 3.63) is 0 Å². The van der Waals surface area contributed by atoms with Gasteiger partial charge in [0.1, 0.15) is 0 Å². The fourth-order valence-electron chi connectivity index (χ4n) is 3.35. The van der Waals surface area contributed by atoms with Gasteiger partial charge < -0.3 is 0 Å². The summed E-state index contributed by atoms with van der Waals surface area (Å²) in [6.07, 6.45) is 9.41. The van der Waals surface area contributed by atoms with Crippen molar-refractivity contribution in [2.75, 3.05) is 0 Å². The molecule has 0 N–H and O–H groups in total. The van der Waals surface area contributed by atoms with Gasteiger partial charge in [0.15, 0.2) is 0 Å². The fraction of sp³-hybridized carbons (Fsp3) is 1.00. The van der Waals surface area contributed by atoms with Crippen LogP contribution in [0.5, 0.6) is 0 Å². The Morgan fingerprint density at radius 2 is 1.31 bits per heavy atom. The summed E-state index contributed by atoms with van der Waals surface area (Å²) in [6, 6.07) is 6.77. The maximum atomic E-state index is 2.46. The fourth-order valence-corrected chi connectivity index (χ4v) is 9.06. The van der Waals surface area contributed by atoms with Crippen molar-refractivity contribution in [3.8, 4) is 0 Å². The Hall–Kier alpha value is 0.217. The molecule has 0 aliphatic carbocycles. The van der Waals surface area contributed by atoms with Crippen LogP contribution in [0.4, 0.5) is 0 Å². The van der Waals surface area contributed by atoms with Crippen LogP contribution in [-0.2, 0) is 0 Å². The summed E-state index contributed by atoms with van der Waals surface area (Å²) in [6.45, 7) is 2.46. The van der Waals surface area contributed by atoms with Gasteiger partial charge in [-0.2, -0.15) is 0 Å². The third kappa shape index (κ3) is 2.37. The highest BCUT2D eigenvalue weighted by atomic mass is 28.3. The molecule has 76 valence electrons. The van der Waals surface area contributed by atoms with Crippen LogP contribution in [0, 0.1) is 5.92 Å². The van der Waals surface area contributed by atoms with Crippen molar-refractivity contribution in [1.29, 1.82) is 0 Å². The Morgan fingerprint density at radius 3 is 1.85 bits per heavy atom. The van der Waals surface area contributed by atoms with Gasteiger partial charge in [0, 0.05) is 0 Å². The molecule has 2 fully saturated rings. The van der Waals surface area contributed by atoms with Crippen LogP contribution in [0.25, 0.3) is 0 Å². The minimum atomic E-state index is -0.662. The minimum Gasteiger partial charge on any atom is -0.0625 e. The van der Waals surface area contributed by atoms with E-state index in [2.05, 4.69) is 6.92 Å². The van der Waals surface area contributed by atoms with Crippen LogP contribution in [-0.4, -0.2) is 8.07 Å². The zero-order valence-corrected chi connectivity index (χ0v) is 10.1. The van der Waals surface area contributed by atoms with Gasteiger partial charge in [-0.05, 0) is 5.92 Å². The molecule has 2 rings (SSSR count). The first kappa shape index (κ1) is 9.76. The summed E-state index contributed by atoms with van der Waals surface area (Å²) in [5.74, 6) is 1.06. The normalized spacial score (nSPS) is 30.2. The summed E-state index contributed by atoms with van der Waals surface area (Å²) < 4.78 is 0. The van der Waals surface area contributed by atoms with Crippen LogP contribution < -0.4 is 0 Å². The van der Waals surface area contributed by atoms with Crippen LogP contribution in [0.1, 0.15) is 45.4 Å². The van der Waals surface area contributed by atoms with Crippen LogP contribution in [0.3, 0.4) is 0 Å². The van der Waals surface area contributed by atoms with Crippen molar-refractivity contribution in [2.45, 2.75) is 69.6 Å². The highest BCUT2D eigenvalue weighted by Crippen LogP contribution is 2.41. The molecule has 2 aliphatic rings. The molecule has 0 bridgehead atoms. The topological polar surface area (TPSA) is 0 Å². The molecule has 0 aromatic carbocycles. The lowest BCUT2D eigenvalue weighted by atomic mass is 10.1. The van der Waals surface area contributed by atoms with Gasteiger partial charge in [0.2, 0.25) is 0 Å². The summed E-state index contributed by atoms with van der Waals surface area (Å²) in [5, 5.41) is 0. The molecule has 13 heavy (non-hydrogen) atoms. The van der Waals surface area contributed by atoms with Crippen molar-refractivity contribution >= 4 is 8.07 Å². The van der Waals surface area contributed by atoms with Gasteiger partial charge >= 0.3 is 0 Å². The summed E-state index contributed by atoms with van der Waals surface area (Å²) >= 11 is 0. The second-order valence-corrected chi connectivity index (χ2v) is 10.6. The standard InChI is InChI=1S/C12H24Si/c1-12-6-10-13(11-7-12)8-4-2-3-5-9-13/h12H,2-11H2,1H3. The first-order valence-electron chi connectivity index (χ1n) is 6.31. The molecule has 2 heterocycles. The number of hydrogen-bond donors (Lipinski definition) is 0. The Morgan fingerprint density at radius 1 is 0.769 bits per heavy atom. The predicted molar refractivity (Wildman–Crippen MR) is 61.8 cm³/mol. The number of hydrogen-bond acceptors (Lipinski definition) is 0. The first-order valence-corrected chi connectivity index (χ1v) is 9.14.